The summed E-state index contributed by atoms with van der Waals surface area (Å²) in [6.07, 6.45) is 3.80. The number of benzene rings is 3. The summed E-state index contributed by atoms with van der Waals surface area (Å²) in [4.78, 5) is 8.90. The summed E-state index contributed by atoms with van der Waals surface area (Å²) in [6.45, 7) is 6.99. The average Bonchev–Trinajstić information content (AvgIpc) is 3.29. The standard InChI is InChI=1S/C20H18NOSi.C11H8N.Ir/c1-23(2,3)14-11-12-18(21-13-14)17-9-6-8-16-15-7-4-5-10-19(15)22-20(16)17;1-2-6-10(7-3-1)11-8-4-5-9-12-11;/h4-8,10-13H,1-3H3;1-6,8-9H;/q2*-1;. The van der Waals surface area contributed by atoms with Gasteiger partial charge in [-0.15, -0.1) is 54.1 Å². The molecule has 0 saturated heterocycles. The third-order valence-corrected chi connectivity index (χ3v) is 7.90. The van der Waals surface area contributed by atoms with Gasteiger partial charge in [0.2, 0.25) is 0 Å². The van der Waals surface area contributed by atoms with Crippen LogP contribution in [0.3, 0.4) is 0 Å². The van der Waals surface area contributed by atoms with E-state index in [0.717, 1.165) is 44.5 Å². The van der Waals surface area contributed by atoms with Crippen LogP contribution in [0.4, 0.5) is 0 Å². The zero-order valence-corrected chi connectivity index (χ0v) is 23.8. The van der Waals surface area contributed by atoms with E-state index in [4.69, 9.17) is 4.42 Å². The molecule has 3 aromatic heterocycles. The Morgan fingerprint density at radius 3 is 2.19 bits per heavy atom. The van der Waals surface area contributed by atoms with E-state index in [1.54, 1.807) is 6.20 Å². The molecular formula is C31H26IrN2OSi-2. The summed E-state index contributed by atoms with van der Waals surface area (Å²) in [5.74, 6) is 0. The number of hydrogen-bond donors (Lipinski definition) is 0. The zero-order chi connectivity index (χ0) is 24.3. The molecule has 0 aliphatic carbocycles. The molecule has 0 aliphatic heterocycles. The van der Waals surface area contributed by atoms with Crippen molar-refractivity contribution in [2.75, 3.05) is 0 Å². The van der Waals surface area contributed by atoms with Crippen LogP contribution in [0.5, 0.6) is 0 Å². The van der Waals surface area contributed by atoms with Crippen molar-refractivity contribution in [2.45, 2.75) is 19.6 Å². The first kappa shape index (κ1) is 25.7. The molecule has 36 heavy (non-hydrogen) atoms. The van der Waals surface area contributed by atoms with Crippen molar-refractivity contribution in [3.8, 4) is 22.5 Å². The maximum atomic E-state index is 6.07. The summed E-state index contributed by atoms with van der Waals surface area (Å²) < 4.78 is 6.07. The van der Waals surface area contributed by atoms with Crippen LogP contribution in [-0.2, 0) is 20.1 Å². The van der Waals surface area contributed by atoms with Gasteiger partial charge in [-0.05, 0) is 28.7 Å². The normalized spacial score (nSPS) is 11.0. The van der Waals surface area contributed by atoms with Gasteiger partial charge in [0.05, 0.1) is 13.7 Å². The molecule has 6 aromatic rings. The number of nitrogens with zero attached hydrogens (tertiary/aromatic N) is 2. The van der Waals surface area contributed by atoms with Gasteiger partial charge in [-0.1, -0.05) is 73.1 Å². The van der Waals surface area contributed by atoms with Crippen LogP contribution < -0.4 is 5.19 Å². The minimum absolute atomic E-state index is 0. The van der Waals surface area contributed by atoms with Gasteiger partial charge in [0.1, 0.15) is 5.58 Å². The van der Waals surface area contributed by atoms with Crippen molar-refractivity contribution in [2.24, 2.45) is 0 Å². The van der Waals surface area contributed by atoms with Crippen molar-refractivity contribution in [3.05, 3.63) is 116 Å². The Bertz CT molecular complexity index is 1520. The summed E-state index contributed by atoms with van der Waals surface area (Å²) in [5, 5.41) is 3.61. The summed E-state index contributed by atoms with van der Waals surface area (Å²) in [5.41, 5.74) is 5.62. The van der Waals surface area contributed by atoms with E-state index < -0.39 is 8.07 Å². The molecule has 0 fully saturated rings. The maximum Gasteiger partial charge on any atom is 0.120 e. The van der Waals surface area contributed by atoms with Crippen molar-refractivity contribution in [3.63, 3.8) is 0 Å². The molecule has 0 unspecified atom stereocenters. The molecule has 0 aliphatic rings. The number of rotatable bonds is 3. The SMILES string of the molecule is C[Si](C)(C)c1ccc(-c2[c-]ccc3c2oc2ccccc23)nc1.[Ir].[c-]1ccccc1-c1ccccn1. The molecule has 3 aromatic carbocycles. The van der Waals surface area contributed by atoms with Crippen LogP contribution in [0.15, 0.2) is 108 Å². The molecule has 0 amide bonds. The molecular weight excluding hydrogens is 637 g/mol. The number of hydrogen-bond acceptors (Lipinski definition) is 3. The number of para-hydroxylation sites is 1. The first-order valence-corrected chi connectivity index (χ1v) is 15.2. The fourth-order valence-electron chi connectivity index (χ4n) is 3.94. The van der Waals surface area contributed by atoms with E-state index in [0.29, 0.717) is 0 Å². The first-order chi connectivity index (χ1) is 17.0. The third-order valence-electron chi connectivity index (χ3n) is 5.87. The molecule has 0 N–H and O–H groups in total. The van der Waals surface area contributed by atoms with Crippen LogP contribution in [0, 0.1) is 12.1 Å². The predicted octanol–water partition coefficient (Wildman–Crippen LogP) is 7.54. The van der Waals surface area contributed by atoms with Crippen LogP contribution in [0.1, 0.15) is 0 Å². The minimum atomic E-state index is -1.33. The van der Waals surface area contributed by atoms with E-state index in [9.17, 15) is 0 Å². The molecule has 1 radical (unpaired) electrons. The van der Waals surface area contributed by atoms with Gasteiger partial charge in [-0.2, -0.15) is 0 Å². The molecule has 0 bridgehead atoms. The molecule has 6 rings (SSSR count). The molecule has 0 spiro atoms. The van der Waals surface area contributed by atoms with Gasteiger partial charge in [0.15, 0.2) is 0 Å². The third kappa shape index (κ3) is 5.54. The Morgan fingerprint density at radius 1 is 0.694 bits per heavy atom. The fourth-order valence-corrected chi connectivity index (χ4v) is 4.98. The summed E-state index contributed by atoms with van der Waals surface area (Å²) in [6, 6.07) is 36.5. The zero-order valence-electron chi connectivity index (χ0n) is 20.5. The largest absolute Gasteiger partial charge is 0.501 e. The minimum Gasteiger partial charge on any atom is -0.501 e. The predicted molar refractivity (Wildman–Crippen MR) is 147 cm³/mol. The number of furan rings is 1. The smallest absolute Gasteiger partial charge is 0.120 e. The quantitative estimate of drug-likeness (QED) is 0.145. The molecule has 181 valence electrons. The Labute approximate surface area is 226 Å². The van der Waals surface area contributed by atoms with Gasteiger partial charge >= 0.3 is 0 Å². The van der Waals surface area contributed by atoms with E-state index in [-0.39, 0.29) is 20.1 Å². The van der Waals surface area contributed by atoms with Crippen molar-refractivity contribution in [1.82, 2.24) is 9.97 Å². The molecule has 5 heteroatoms. The van der Waals surface area contributed by atoms with Gasteiger partial charge in [0, 0.05) is 37.9 Å². The number of fused-ring (bicyclic) bond motifs is 3. The van der Waals surface area contributed by atoms with Crippen molar-refractivity contribution >= 4 is 35.2 Å². The van der Waals surface area contributed by atoms with E-state index in [1.165, 1.54) is 5.19 Å². The Kier molecular flexibility index (Phi) is 7.95. The van der Waals surface area contributed by atoms with E-state index >= 15 is 0 Å². The van der Waals surface area contributed by atoms with Crippen molar-refractivity contribution in [1.29, 1.82) is 0 Å². The van der Waals surface area contributed by atoms with Crippen LogP contribution >= 0.6 is 0 Å². The Morgan fingerprint density at radius 2 is 1.50 bits per heavy atom. The van der Waals surface area contributed by atoms with Crippen LogP contribution in [-0.4, -0.2) is 18.0 Å². The van der Waals surface area contributed by atoms with Gasteiger partial charge in [-0.25, -0.2) is 0 Å². The summed E-state index contributed by atoms with van der Waals surface area (Å²) in [7, 11) is -1.33. The van der Waals surface area contributed by atoms with Gasteiger partial charge in [0.25, 0.3) is 0 Å². The van der Waals surface area contributed by atoms with Gasteiger partial charge in [-0.3, -0.25) is 0 Å². The van der Waals surface area contributed by atoms with Crippen molar-refractivity contribution < 1.29 is 24.5 Å². The average molecular weight is 663 g/mol. The van der Waals surface area contributed by atoms with E-state index in [2.05, 4.69) is 66.0 Å². The maximum absolute atomic E-state index is 6.07. The molecule has 3 heterocycles. The number of aromatic nitrogens is 2. The number of pyridine rings is 2. The Balaban J connectivity index is 0.000000198. The van der Waals surface area contributed by atoms with Crippen LogP contribution in [0.2, 0.25) is 19.6 Å². The first-order valence-electron chi connectivity index (χ1n) is 11.7. The fraction of sp³-hybridized carbons (Fsp3) is 0.0968. The second kappa shape index (κ2) is 11.1. The second-order valence-corrected chi connectivity index (χ2v) is 14.4. The van der Waals surface area contributed by atoms with E-state index in [1.807, 2.05) is 72.9 Å². The Hall–Kier alpha value is -3.37. The molecule has 3 nitrogen and oxygen atoms in total. The second-order valence-electron chi connectivity index (χ2n) is 9.37. The van der Waals surface area contributed by atoms with Crippen LogP contribution in [0.25, 0.3) is 44.5 Å². The molecule has 0 saturated carbocycles. The molecule has 0 atom stereocenters. The van der Waals surface area contributed by atoms with Gasteiger partial charge < -0.3 is 14.4 Å². The summed E-state index contributed by atoms with van der Waals surface area (Å²) >= 11 is 0. The monoisotopic (exact) mass is 663 g/mol. The topological polar surface area (TPSA) is 38.9 Å².